The van der Waals surface area contributed by atoms with Gasteiger partial charge in [-0.2, -0.15) is 15.0 Å². The summed E-state index contributed by atoms with van der Waals surface area (Å²) >= 11 is 3.16. The number of anilines is 2. The van der Waals surface area contributed by atoms with Crippen LogP contribution in [0.1, 0.15) is 0 Å². The van der Waals surface area contributed by atoms with E-state index in [1.54, 1.807) is 25.1 Å². The van der Waals surface area contributed by atoms with E-state index < -0.39 is 5.82 Å². The highest BCUT2D eigenvalue weighted by molar-refractivity contribution is 9.10. The molecular formula is C11H11BrFN5O. The van der Waals surface area contributed by atoms with Gasteiger partial charge in [0.15, 0.2) is 11.6 Å². The second-order valence-corrected chi connectivity index (χ2v) is 4.76. The largest absolute Gasteiger partial charge is 0.421 e. The first-order valence-electron chi connectivity index (χ1n) is 5.27. The van der Waals surface area contributed by atoms with Crippen molar-refractivity contribution in [2.24, 2.45) is 0 Å². The second-order valence-electron chi connectivity index (χ2n) is 3.85. The predicted octanol–water partition coefficient (Wildman–Crippen LogP) is 2.21. The Morgan fingerprint density at radius 2 is 2.00 bits per heavy atom. The van der Waals surface area contributed by atoms with E-state index in [1.165, 1.54) is 12.1 Å². The summed E-state index contributed by atoms with van der Waals surface area (Å²) in [5.41, 5.74) is 5.54. The first-order chi connectivity index (χ1) is 8.95. The molecule has 0 bridgehead atoms. The van der Waals surface area contributed by atoms with Crippen LogP contribution in [0.4, 0.5) is 16.3 Å². The summed E-state index contributed by atoms with van der Waals surface area (Å²) in [5.74, 6) is -0.176. The van der Waals surface area contributed by atoms with Gasteiger partial charge in [-0.1, -0.05) is 15.9 Å². The minimum Gasteiger partial charge on any atom is -0.421 e. The molecule has 0 aliphatic heterocycles. The van der Waals surface area contributed by atoms with Gasteiger partial charge in [-0.05, 0) is 18.2 Å². The maximum Gasteiger partial charge on any atom is 0.328 e. The van der Waals surface area contributed by atoms with Gasteiger partial charge in [0.2, 0.25) is 11.9 Å². The smallest absolute Gasteiger partial charge is 0.328 e. The minimum atomic E-state index is -0.528. The van der Waals surface area contributed by atoms with Gasteiger partial charge in [-0.3, -0.25) is 0 Å². The van der Waals surface area contributed by atoms with Crippen LogP contribution >= 0.6 is 15.9 Å². The summed E-state index contributed by atoms with van der Waals surface area (Å²) < 4.78 is 19.5. The average molecular weight is 328 g/mol. The molecule has 2 aromatic rings. The van der Waals surface area contributed by atoms with Crippen molar-refractivity contribution in [3.8, 4) is 11.8 Å². The Morgan fingerprint density at radius 3 is 2.63 bits per heavy atom. The molecule has 1 heterocycles. The molecule has 0 spiro atoms. The van der Waals surface area contributed by atoms with Gasteiger partial charge in [0.1, 0.15) is 0 Å². The van der Waals surface area contributed by atoms with Crippen molar-refractivity contribution in [1.82, 2.24) is 15.0 Å². The van der Waals surface area contributed by atoms with Crippen LogP contribution in [0.15, 0.2) is 22.7 Å². The Bertz CT molecular complexity index is 608. The number of nitrogens with zero attached hydrogens (tertiary/aromatic N) is 4. The summed E-state index contributed by atoms with van der Waals surface area (Å²) in [7, 11) is 3.50. The number of nitrogens with two attached hydrogens (primary N) is 1. The fraction of sp³-hybridized carbons (Fsp3) is 0.182. The molecule has 2 N–H and O–H groups in total. The van der Waals surface area contributed by atoms with Gasteiger partial charge in [-0.25, -0.2) is 4.39 Å². The molecule has 0 unspecified atom stereocenters. The molecule has 1 aromatic carbocycles. The molecule has 1 aromatic heterocycles. The van der Waals surface area contributed by atoms with E-state index in [4.69, 9.17) is 10.5 Å². The molecule has 6 nitrogen and oxygen atoms in total. The molecule has 0 aliphatic rings. The molecule has 8 heteroatoms. The van der Waals surface area contributed by atoms with E-state index in [9.17, 15) is 4.39 Å². The quantitative estimate of drug-likeness (QED) is 0.931. The maximum atomic E-state index is 13.6. The topological polar surface area (TPSA) is 77.2 Å². The first-order valence-corrected chi connectivity index (χ1v) is 6.07. The zero-order chi connectivity index (χ0) is 14.0. The maximum absolute atomic E-state index is 13.6. The summed E-state index contributed by atoms with van der Waals surface area (Å²) in [4.78, 5) is 13.4. The average Bonchev–Trinajstić information content (AvgIpc) is 2.32. The SMILES string of the molecule is CN(C)c1nc(N)nc(Oc2ccc(Br)cc2F)n1. The van der Waals surface area contributed by atoms with Gasteiger partial charge in [-0.15, -0.1) is 0 Å². The lowest BCUT2D eigenvalue weighted by molar-refractivity contribution is 0.410. The van der Waals surface area contributed by atoms with Crippen LogP contribution in [-0.2, 0) is 0 Å². The molecule has 0 radical (unpaired) electrons. The molecule has 0 saturated heterocycles. The van der Waals surface area contributed by atoms with Gasteiger partial charge >= 0.3 is 6.01 Å². The summed E-state index contributed by atoms with van der Waals surface area (Å²) in [6, 6.07) is 4.34. The van der Waals surface area contributed by atoms with Gasteiger partial charge in [0.25, 0.3) is 0 Å². The fourth-order valence-corrected chi connectivity index (χ4v) is 1.60. The summed E-state index contributed by atoms with van der Waals surface area (Å²) in [6.07, 6.45) is 0. The van der Waals surface area contributed by atoms with Crippen LogP contribution in [0, 0.1) is 5.82 Å². The van der Waals surface area contributed by atoms with Crippen molar-refractivity contribution in [1.29, 1.82) is 0 Å². The normalized spacial score (nSPS) is 10.3. The summed E-state index contributed by atoms with van der Waals surface area (Å²) in [6.45, 7) is 0. The third kappa shape index (κ3) is 3.28. The second kappa shape index (κ2) is 5.35. The molecule has 100 valence electrons. The van der Waals surface area contributed by atoms with Gasteiger partial charge in [0.05, 0.1) is 0 Å². The number of halogens is 2. The number of benzene rings is 1. The van der Waals surface area contributed by atoms with Crippen molar-refractivity contribution < 1.29 is 9.13 Å². The Hall–Kier alpha value is -1.96. The molecule has 2 rings (SSSR count). The van der Waals surface area contributed by atoms with E-state index in [0.717, 1.165) is 0 Å². The lowest BCUT2D eigenvalue weighted by Gasteiger charge is -2.11. The molecule has 19 heavy (non-hydrogen) atoms. The number of nitrogen functional groups attached to an aromatic ring is 1. The van der Waals surface area contributed by atoms with Crippen molar-refractivity contribution in [2.75, 3.05) is 24.7 Å². The number of rotatable bonds is 3. The highest BCUT2D eigenvalue weighted by atomic mass is 79.9. The third-order valence-electron chi connectivity index (χ3n) is 2.12. The van der Waals surface area contributed by atoms with E-state index in [0.29, 0.717) is 10.4 Å². The van der Waals surface area contributed by atoms with E-state index in [1.807, 2.05) is 0 Å². The summed E-state index contributed by atoms with van der Waals surface area (Å²) in [5, 5.41) is 0. The van der Waals surface area contributed by atoms with Crippen LogP contribution in [0.25, 0.3) is 0 Å². The van der Waals surface area contributed by atoms with Crippen molar-refractivity contribution in [3.05, 3.63) is 28.5 Å². The minimum absolute atomic E-state index is 0.00576. The first kappa shape index (κ1) is 13.5. The van der Waals surface area contributed by atoms with E-state index in [-0.39, 0.29) is 17.7 Å². The number of hydrogen-bond acceptors (Lipinski definition) is 6. The highest BCUT2D eigenvalue weighted by Crippen LogP contribution is 2.25. The van der Waals surface area contributed by atoms with Crippen LogP contribution in [0.3, 0.4) is 0 Å². The van der Waals surface area contributed by atoms with Gasteiger partial charge in [0, 0.05) is 18.6 Å². The highest BCUT2D eigenvalue weighted by Gasteiger charge is 2.11. The standard InChI is InChI=1S/C11H11BrFN5O/c1-18(2)10-15-9(14)16-11(17-10)19-8-4-3-6(12)5-7(8)13/h3-5H,1-2H3,(H2,14,15,16,17). The Morgan fingerprint density at radius 1 is 1.26 bits per heavy atom. The number of aromatic nitrogens is 3. The van der Waals surface area contributed by atoms with E-state index >= 15 is 0 Å². The zero-order valence-corrected chi connectivity index (χ0v) is 11.8. The van der Waals surface area contributed by atoms with Crippen molar-refractivity contribution in [3.63, 3.8) is 0 Å². The van der Waals surface area contributed by atoms with Crippen molar-refractivity contribution in [2.45, 2.75) is 0 Å². The Kier molecular flexibility index (Phi) is 3.79. The van der Waals surface area contributed by atoms with Crippen LogP contribution < -0.4 is 15.4 Å². The lowest BCUT2D eigenvalue weighted by Crippen LogP contribution is -2.15. The molecule has 0 saturated carbocycles. The van der Waals surface area contributed by atoms with Crippen LogP contribution in [-0.4, -0.2) is 29.0 Å². The number of hydrogen-bond donors (Lipinski definition) is 1. The monoisotopic (exact) mass is 327 g/mol. The van der Waals surface area contributed by atoms with Crippen molar-refractivity contribution >= 4 is 27.8 Å². The molecule has 0 atom stereocenters. The van der Waals surface area contributed by atoms with Crippen LogP contribution in [0.5, 0.6) is 11.8 Å². The fourth-order valence-electron chi connectivity index (χ4n) is 1.26. The predicted molar refractivity (Wildman–Crippen MR) is 72.7 cm³/mol. The lowest BCUT2D eigenvalue weighted by atomic mass is 10.3. The molecule has 0 aliphatic carbocycles. The number of ether oxygens (including phenoxy) is 1. The zero-order valence-electron chi connectivity index (χ0n) is 10.3. The Balaban J connectivity index is 2.32. The molecule has 0 fully saturated rings. The molecule has 0 amide bonds. The van der Waals surface area contributed by atoms with Crippen LogP contribution in [0.2, 0.25) is 0 Å². The third-order valence-corrected chi connectivity index (χ3v) is 2.61. The van der Waals surface area contributed by atoms with Gasteiger partial charge < -0.3 is 15.4 Å². The Labute approximate surface area is 117 Å². The molecular weight excluding hydrogens is 317 g/mol. The van der Waals surface area contributed by atoms with E-state index in [2.05, 4.69) is 30.9 Å².